The van der Waals surface area contributed by atoms with Crippen LogP contribution in [0.5, 0.6) is 0 Å². The predicted molar refractivity (Wildman–Crippen MR) is 250 cm³/mol. The standard InChI is InChI=1S/C52H87NO5/c1-4-7-10-13-16-19-22-23-24-25-26-27-28-30-33-36-39-42-45-52(57)58-48(43-40-37-34-31-29-20-17-14-11-8-5-2)46-51(56)53-49(47-54)50(55)44-41-38-35-32-21-18-15-12-9-6-3/h8,11,14,16-17,19-20,22-27,29,31,34,48-50,54-55H,4-7,9-10,12-13,15,18,21,28,30,32-33,35-47H2,1-3H3,(H,53,56)/b11-8+,17-14+,19-16+,23-22+,25-24+,27-26+,29-20-,34-31-. The molecule has 0 aliphatic heterocycles. The second kappa shape index (κ2) is 44.9. The number of ether oxygens (including phenoxy) is 1. The molecule has 6 nitrogen and oxygen atoms in total. The van der Waals surface area contributed by atoms with Crippen LogP contribution in [-0.2, 0) is 14.3 Å². The number of amides is 1. The molecule has 0 bridgehead atoms. The number of aliphatic hydroxyl groups excluding tert-OH is 2. The van der Waals surface area contributed by atoms with E-state index in [-0.39, 0.29) is 24.9 Å². The molecule has 0 aliphatic rings. The summed E-state index contributed by atoms with van der Waals surface area (Å²) in [5, 5.41) is 23.6. The predicted octanol–water partition coefficient (Wildman–Crippen LogP) is 13.8. The molecule has 330 valence electrons. The minimum Gasteiger partial charge on any atom is -0.462 e. The molecular formula is C52H87NO5. The zero-order chi connectivity index (χ0) is 42.4. The van der Waals surface area contributed by atoms with Crippen LogP contribution in [-0.4, -0.2) is 46.9 Å². The van der Waals surface area contributed by atoms with Crippen molar-refractivity contribution in [3.05, 3.63) is 97.2 Å². The van der Waals surface area contributed by atoms with Crippen LogP contribution in [0.4, 0.5) is 0 Å². The van der Waals surface area contributed by atoms with Crippen molar-refractivity contribution >= 4 is 11.9 Å². The van der Waals surface area contributed by atoms with Crippen LogP contribution in [0.1, 0.15) is 194 Å². The number of unbranched alkanes of at least 4 members (excludes halogenated alkanes) is 18. The minimum atomic E-state index is -0.813. The van der Waals surface area contributed by atoms with Gasteiger partial charge >= 0.3 is 5.97 Å². The van der Waals surface area contributed by atoms with E-state index in [9.17, 15) is 19.8 Å². The summed E-state index contributed by atoms with van der Waals surface area (Å²) in [7, 11) is 0. The van der Waals surface area contributed by atoms with Crippen molar-refractivity contribution in [2.75, 3.05) is 6.61 Å². The number of aliphatic hydroxyl groups is 2. The average Bonchev–Trinajstić information content (AvgIpc) is 3.22. The van der Waals surface area contributed by atoms with Crippen LogP contribution in [0, 0.1) is 0 Å². The molecule has 0 aromatic heterocycles. The fourth-order valence-electron chi connectivity index (χ4n) is 6.52. The summed E-state index contributed by atoms with van der Waals surface area (Å²) in [5.74, 6) is -0.580. The Morgan fingerprint density at radius 3 is 1.48 bits per heavy atom. The first-order valence-electron chi connectivity index (χ1n) is 23.6. The van der Waals surface area contributed by atoms with E-state index in [1.165, 1.54) is 64.2 Å². The van der Waals surface area contributed by atoms with Gasteiger partial charge in [0.15, 0.2) is 0 Å². The molecule has 0 heterocycles. The molecule has 6 heteroatoms. The highest BCUT2D eigenvalue weighted by molar-refractivity contribution is 5.77. The van der Waals surface area contributed by atoms with Crippen LogP contribution >= 0.6 is 0 Å². The van der Waals surface area contributed by atoms with Gasteiger partial charge in [-0.2, -0.15) is 0 Å². The number of nitrogens with one attached hydrogen (secondary N) is 1. The van der Waals surface area contributed by atoms with Gasteiger partial charge in [0.1, 0.15) is 6.10 Å². The molecule has 0 spiro atoms. The Balaban J connectivity index is 4.70. The second-order valence-corrected chi connectivity index (χ2v) is 15.6. The molecule has 3 unspecified atom stereocenters. The summed E-state index contributed by atoms with van der Waals surface area (Å²) in [6, 6.07) is -0.731. The summed E-state index contributed by atoms with van der Waals surface area (Å²) in [6.07, 6.45) is 59.0. The van der Waals surface area contributed by atoms with E-state index in [0.717, 1.165) is 83.5 Å². The van der Waals surface area contributed by atoms with E-state index in [1.807, 2.05) is 36.5 Å². The number of esters is 1. The summed E-state index contributed by atoms with van der Waals surface area (Å²) >= 11 is 0. The zero-order valence-electron chi connectivity index (χ0n) is 37.4. The Labute approximate surface area is 356 Å². The van der Waals surface area contributed by atoms with Crippen molar-refractivity contribution in [3.63, 3.8) is 0 Å². The van der Waals surface area contributed by atoms with Gasteiger partial charge in [-0.15, -0.1) is 0 Å². The number of carbonyl (C=O) groups excluding carboxylic acids is 2. The minimum absolute atomic E-state index is 0.0159. The quantitative estimate of drug-likeness (QED) is 0.0326. The van der Waals surface area contributed by atoms with Crippen molar-refractivity contribution < 1.29 is 24.5 Å². The van der Waals surface area contributed by atoms with E-state index in [2.05, 4.69) is 86.8 Å². The Bertz CT molecular complexity index is 1180. The average molecular weight is 806 g/mol. The zero-order valence-corrected chi connectivity index (χ0v) is 37.4. The fraction of sp³-hybridized carbons (Fsp3) is 0.654. The van der Waals surface area contributed by atoms with Crippen LogP contribution in [0.2, 0.25) is 0 Å². The highest BCUT2D eigenvalue weighted by Crippen LogP contribution is 2.16. The lowest BCUT2D eigenvalue weighted by Crippen LogP contribution is -2.46. The van der Waals surface area contributed by atoms with Crippen molar-refractivity contribution in [1.29, 1.82) is 0 Å². The topological polar surface area (TPSA) is 95.9 Å². The van der Waals surface area contributed by atoms with Gasteiger partial charge < -0.3 is 20.3 Å². The summed E-state index contributed by atoms with van der Waals surface area (Å²) in [4.78, 5) is 26.0. The molecule has 58 heavy (non-hydrogen) atoms. The number of hydrogen-bond donors (Lipinski definition) is 3. The van der Waals surface area contributed by atoms with E-state index >= 15 is 0 Å². The highest BCUT2D eigenvalue weighted by Gasteiger charge is 2.24. The van der Waals surface area contributed by atoms with Gasteiger partial charge in [0, 0.05) is 6.42 Å². The third-order valence-corrected chi connectivity index (χ3v) is 10.1. The Kier molecular flexibility index (Phi) is 42.4. The SMILES string of the molecule is CC/C=C/C=C/C=C\C=C/CCCC(CC(=O)NC(CO)C(O)CCCCCCCCCCCC)OC(=O)CCCCCCC/C=C/C=C/C=C/C=C/CCCCC. The lowest BCUT2D eigenvalue weighted by molar-refractivity contribution is -0.151. The van der Waals surface area contributed by atoms with E-state index in [4.69, 9.17) is 4.74 Å². The van der Waals surface area contributed by atoms with Crippen molar-refractivity contribution in [2.45, 2.75) is 212 Å². The molecule has 0 saturated carbocycles. The van der Waals surface area contributed by atoms with Gasteiger partial charge in [-0.05, 0) is 64.2 Å². The summed E-state index contributed by atoms with van der Waals surface area (Å²) in [5.41, 5.74) is 0. The summed E-state index contributed by atoms with van der Waals surface area (Å²) in [6.45, 7) is 6.24. The van der Waals surface area contributed by atoms with E-state index < -0.39 is 18.2 Å². The molecule has 0 aromatic rings. The molecule has 0 aromatic carbocycles. The lowest BCUT2D eigenvalue weighted by Gasteiger charge is -2.24. The second-order valence-electron chi connectivity index (χ2n) is 15.6. The van der Waals surface area contributed by atoms with Gasteiger partial charge in [0.2, 0.25) is 5.91 Å². The number of hydrogen-bond acceptors (Lipinski definition) is 5. The number of rotatable bonds is 40. The number of allylic oxidation sites excluding steroid dienone is 16. The van der Waals surface area contributed by atoms with Crippen molar-refractivity contribution in [1.82, 2.24) is 5.32 Å². The maximum Gasteiger partial charge on any atom is 0.306 e. The molecule has 0 radical (unpaired) electrons. The van der Waals surface area contributed by atoms with Gasteiger partial charge in [-0.3, -0.25) is 9.59 Å². The fourth-order valence-corrected chi connectivity index (χ4v) is 6.52. The molecule has 1 amide bonds. The van der Waals surface area contributed by atoms with E-state index in [1.54, 1.807) is 0 Å². The maximum absolute atomic E-state index is 13.1. The van der Waals surface area contributed by atoms with E-state index in [0.29, 0.717) is 19.3 Å². The third kappa shape index (κ3) is 39.6. The largest absolute Gasteiger partial charge is 0.462 e. The Hall–Kier alpha value is -3.22. The molecular weight excluding hydrogens is 719 g/mol. The van der Waals surface area contributed by atoms with Gasteiger partial charge in [-0.25, -0.2) is 0 Å². The molecule has 0 fully saturated rings. The van der Waals surface area contributed by atoms with Crippen LogP contribution in [0.15, 0.2) is 97.2 Å². The molecule has 3 atom stereocenters. The van der Waals surface area contributed by atoms with Crippen molar-refractivity contribution in [3.8, 4) is 0 Å². The third-order valence-electron chi connectivity index (χ3n) is 10.1. The van der Waals surface area contributed by atoms with Gasteiger partial charge in [-0.1, -0.05) is 214 Å². The lowest BCUT2D eigenvalue weighted by atomic mass is 10.0. The van der Waals surface area contributed by atoms with Crippen molar-refractivity contribution in [2.24, 2.45) is 0 Å². The molecule has 3 N–H and O–H groups in total. The smallest absolute Gasteiger partial charge is 0.306 e. The maximum atomic E-state index is 13.1. The normalized spacial score (nSPS) is 14.2. The first-order chi connectivity index (χ1) is 28.5. The first-order valence-corrected chi connectivity index (χ1v) is 23.6. The van der Waals surface area contributed by atoms with Gasteiger partial charge in [0.25, 0.3) is 0 Å². The summed E-state index contributed by atoms with van der Waals surface area (Å²) < 4.78 is 5.86. The van der Waals surface area contributed by atoms with Crippen LogP contribution in [0.3, 0.4) is 0 Å². The molecule has 0 saturated heterocycles. The molecule has 0 aliphatic carbocycles. The first kappa shape index (κ1) is 54.8. The Morgan fingerprint density at radius 1 is 0.517 bits per heavy atom. The van der Waals surface area contributed by atoms with Gasteiger partial charge in [0.05, 0.1) is 25.2 Å². The number of carbonyl (C=O) groups is 2. The monoisotopic (exact) mass is 806 g/mol. The van der Waals surface area contributed by atoms with Crippen LogP contribution in [0.25, 0.3) is 0 Å². The molecule has 0 rings (SSSR count). The highest BCUT2D eigenvalue weighted by atomic mass is 16.5. The Morgan fingerprint density at radius 2 is 0.948 bits per heavy atom. The van der Waals surface area contributed by atoms with Crippen LogP contribution < -0.4 is 5.32 Å².